The van der Waals surface area contributed by atoms with Crippen LogP contribution in [0.25, 0.3) is 0 Å². The van der Waals surface area contributed by atoms with Gasteiger partial charge in [0.25, 0.3) is 0 Å². The van der Waals surface area contributed by atoms with Gasteiger partial charge >= 0.3 is 0 Å². The first-order valence-electron chi connectivity index (χ1n) is 10.9. The lowest BCUT2D eigenvalue weighted by molar-refractivity contribution is 0.310. The highest BCUT2D eigenvalue weighted by Gasteiger charge is 2.06. The van der Waals surface area contributed by atoms with Crippen LogP contribution in [0.3, 0.4) is 0 Å². The van der Waals surface area contributed by atoms with Crippen molar-refractivity contribution in [2.45, 2.75) is 32.4 Å². The highest BCUT2D eigenvalue weighted by atomic mass is 32.2. The molecule has 2 aromatic rings. The van der Waals surface area contributed by atoms with E-state index in [9.17, 15) is 4.21 Å². The van der Waals surface area contributed by atoms with E-state index >= 15 is 0 Å². The molecule has 2 N–H and O–H groups in total. The molecule has 0 bridgehead atoms. The van der Waals surface area contributed by atoms with E-state index in [2.05, 4.69) is 21.7 Å². The summed E-state index contributed by atoms with van der Waals surface area (Å²) < 4.78 is 23.3. The van der Waals surface area contributed by atoms with Gasteiger partial charge in [0.05, 0.1) is 13.7 Å². The summed E-state index contributed by atoms with van der Waals surface area (Å²) in [6.45, 7) is 6.73. The summed E-state index contributed by atoms with van der Waals surface area (Å²) in [7, 11) is 0.753. The molecule has 0 amide bonds. The molecule has 0 saturated heterocycles. The lowest BCUT2D eigenvalue weighted by Crippen LogP contribution is -2.39. The molecule has 0 aliphatic rings. The van der Waals surface area contributed by atoms with Gasteiger partial charge in [0.1, 0.15) is 0 Å². The molecule has 0 aromatic heterocycles. The number of hydrogen-bond acceptors (Lipinski definition) is 4. The summed E-state index contributed by atoms with van der Waals surface area (Å²) in [6, 6.07) is 16.0. The summed E-state index contributed by atoms with van der Waals surface area (Å²) in [5.41, 5.74) is 2.31. The largest absolute Gasteiger partial charge is 0.493 e. The summed E-state index contributed by atoms with van der Waals surface area (Å²) in [5, 5.41) is 6.54. The molecule has 0 radical (unpaired) electrons. The third kappa shape index (κ3) is 9.42. The number of ether oxygens (including phenoxy) is 2. The molecule has 1 unspecified atom stereocenters. The summed E-state index contributed by atoms with van der Waals surface area (Å²) in [5.74, 6) is 3.48. The van der Waals surface area contributed by atoms with Crippen molar-refractivity contribution in [3.63, 3.8) is 0 Å². The van der Waals surface area contributed by atoms with Crippen molar-refractivity contribution in [3.05, 3.63) is 59.7 Å². The van der Waals surface area contributed by atoms with E-state index in [-0.39, 0.29) is 0 Å². The molecule has 0 saturated carbocycles. The molecule has 31 heavy (non-hydrogen) atoms. The van der Waals surface area contributed by atoms with Gasteiger partial charge in [-0.1, -0.05) is 36.4 Å². The van der Waals surface area contributed by atoms with Crippen LogP contribution in [0.1, 0.15) is 31.4 Å². The molecule has 7 heteroatoms. The highest BCUT2D eigenvalue weighted by molar-refractivity contribution is 7.84. The average molecular weight is 446 g/mol. The Kier molecular flexibility index (Phi) is 11.5. The molecule has 6 nitrogen and oxygen atoms in total. The highest BCUT2D eigenvalue weighted by Crippen LogP contribution is 2.28. The number of aryl methyl sites for hydroxylation is 1. The van der Waals surface area contributed by atoms with Crippen LogP contribution in [0.15, 0.2) is 53.5 Å². The molecular weight excluding hydrogens is 410 g/mol. The second kappa shape index (κ2) is 14.5. The Bertz CT molecular complexity index is 828. The van der Waals surface area contributed by atoms with Gasteiger partial charge in [0, 0.05) is 41.9 Å². The maximum atomic E-state index is 12.3. The molecule has 170 valence electrons. The van der Waals surface area contributed by atoms with Crippen molar-refractivity contribution >= 4 is 16.8 Å². The summed E-state index contributed by atoms with van der Waals surface area (Å²) >= 11 is 0. The standard InChI is InChI=1S/C24H35N3O3S/c1-4-25-24(27-16-17-31(28)19-21-10-7-6-8-11-21)26-15-9-12-20-13-14-22(29-3)23(18-20)30-5-2/h6-8,10-11,13-14,18H,4-5,9,12,15-17,19H2,1-3H3,(H2,25,26,27). The zero-order chi connectivity index (χ0) is 22.3. The minimum absolute atomic E-state index is 0.585. The molecule has 2 rings (SSSR count). The van der Waals surface area contributed by atoms with E-state index in [4.69, 9.17) is 9.47 Å². The Labute approximate surface area is 188 Å². The van der Waals surface area contributed by atoms with Crippen molar-refractivity contribution in [2.24, 2.45) is 4.99 Å². The van der Waals surface area contributed by atoms with E-state index in [0.29, 0.717) is 31.2 Å². The minimum Gasteiger partial charge on any atom is -0.493 e. The lowest BCUT2D eigenvalue weighted by atomic mass is 10.1. The van der Waals surface area contributed by atoms with Crippen LogP contribution >= 0.6 is 0 Å². The average Bonchev–Trinajstić information content (AvgIpc) is 2.77. The third-order valence-electron chi connectivity index (χ3n) is 4.56. The zero-order valence-corrected chi connectivity index (χ0v) is 19.7. The maximum Gasteiger partial charge on any atom is 0.191 e. The Morgan fingerprint density at radius 3 is 2.55 bits per heavy atom. The molecule has 2 aromatic carbocycles. The van der Waals surface area contributed by atoms with Crippen molar-refractivity contribution in [2.75, 3.05) is 39.1 Å². The molecule has 0 aliphatic carbocycles. The third-order valence-corrected chi connectivity index (χ3v) is 5.87. The van der Waals surface area contributed by atoms with Crippen molar-refractivity contribution in [1.29, 1.82) is 0 Å². The Hall–Kier alpha value is -2.54. The van der Waals surface area contributed by atoms with Crippen molar-refractivity contribution in [1.82, 2.24) is 10.6 Å². The monoisotopic (exact) mass is 445 g/mol. The fourth-order valence-electron chi connectivity index (χ4n) is 3.08. The van der Waals surface area contributed by atoms with Crippen LogP contribution < -0.4 is 20.1 Å². The normalized spacial score (nSPS) is 12.3. The predicted octanol–water partition coefficient (Wildman–Crippen LogP) is 3.53. The number of aliphatic imine (C=N–C) groups is 1. The number of nitrogens with one attached hydrogen (secondary N) is 2. The van der Waals surface area contributed by atoms with Crippen LogP contribution in [0.4, 0.5) is 0 Å². The molecule has 1 atom stereocenters. The van der Waals surface area contributed by atoms with Crippen LogP contribution in [-0.2, 0) is 23.0 Å². The summed E-state index contributed by atoms with van der Waals surface area (Å²) in [6.07, 6.45) is 1.84. The Morgan fingerprint density at radius 2 is 1.84 bits per heavy atom. The first kappa shape index (κ1) is 24.7. The van der Waals surface area contributed by atoms with Gasteiger partial charge < -0.3 is 20.1 Å². The van der Waals surface area contributed by atoms with E-state index in [1.54, 1.807) is 7.11 Å². The molecule has 0 heterocycles. The summed E-state index contributed by atoms with van der Waals surface area (Å²) in [4.78, 5) is 4.64. The second-order valence-corrected chi connectivity index (χ2v) is 8.56. The van der Waals surface area contributed by atoms with Gasteiger partial charge in [0.2, 0.25) is 0 Å². The van der Waals surface area contributed by atoms with Gasteiger partial charge in [-0.2, -0.15) is 0 Å². The van der Waals surface area contributed by atoms with E-state index < -0.39 is 10.8 Å². The topological polar surface area (TPSA) is 72.0 Å². The fourth-order valence-corrected chi connectivity index (χ4v) is 4.11. The maximum absolute atomic E-state index is 12.3. The number of rotatable bonds is 13. The SMILES string of the molecule is CCNC(=NCCCc1ccc(OC)c(OCC)c1)NCCS(=O)Cc1ccccc1. The predicted molar refractivity (Wildman–Crippen MR) is 130 cm³/mol. The zero-order valence-electron chi connectivity index (χ0n) is 18.9. The fraction of sp³-hybridized carbons (Fsp3) is 0.458. The number of guanidine groups is 1. The van der Waals surface area contributed by atoms with Crippen LogP contribution in [-0.4, -0.2) is 49.3 Å². The van der Waals surface area contributed by atoms with Gasteiger partial charge in [0.15, 0.2) is 17.5 Å². The van der Waals surface area contributed by atoms with Crippen LogP contribution in [0.2, 0.25) is 0 Å². The van der Waals surface area contributed by atoms with Gasteiger partial charge in [-0.15, -0.1) is 0 Å². The first-order chi connectivity index (χ1) is 15.2. The van der Waals surface area contributed by atoms with Crippen LogP contribution in [0, 0.1) is 0 Å². The molecule has 0 spiro atoms. The number of methoxy groups -OCH3 is 1. The van der Waals surface area contributed by atoms with E-state index in [1.165, 1.54) is 5.56 Å². The van der Waals surface area contributed by atoms with Gasteiger partial charge in [-0.05, 0) is 49.9 Å². The van der Waals surface area contributed by atoms with Crippen molar-refractivity contribution in [3.8, 4) is 11.5 Å². The molecular formula is C24H35N3O3S. The van der Waals surface area contributed by atoms with E-state index in [0.717, 1.165) is 42.4 Å². The Morgan fingerprint density at radius 1 is 1.03 bits per heavy atom. The van der Waals surface area contributed by atoms with E-state index in [1.807, 2.05) is 56.3 Å². The lowest BCUT2D eigenvalue weighted by Gasteiger charge is -2.12. The van der Waals surface area contributed by atoms with Crippen molar-refractivity contribution < 1.29 is 13.7 Å². The number of benzene rings is 2. The first-order valence-corrected chi connectivity index (χ1v) is 12.4. The smallest absolute Gasteiger partial charge is 0.191 e. The number of nitrogens with zero attached hydrogens (tertiary/aromatic N) is 1. The van der Waals surface area contributed by atoms with Gasteiger partial charge in [-0.25, -0.2) is 0 Å². The number of hydrogen-bond donors (Lipinski definition) is 2. The molecule has 0 fully saturated rings. The molecule has 0 aliphatic heterocycles. The van der Waals surface area contributed by atoms with Gasteiger partial charge in [-0.3, -0.25) is 9.20 Å². The minimum atomic E-state index is -0.898. The second-order valence-electron chi connectivity index (χ2n) is 6.98. The quantitative estimate of drug-likeness (QED) is 0.280. The Balaban J connectivity index is 1.76. The van der Waals surface area contributed by atoms with Crippen LogP contribution in [0.5, 0.6) is 11.5 Å².